The van der Waals surface area contributed by atoms with Gasteiger partial charge in [0.25, 0.3) is 5.69 Å². The van der Waals surface area contributed by atoms with Crippen LogP contribution in [0.15, 0.2) is 41.5 Å². The molecule has 0 saturated carbocycles. The molecular formula is C20H21N4O6-. The first kappa shape index (κ1) is 22.3. The lowest BCUT2D eigenvalue weighted by Crippen LogP contribution is -2.37. The van der Waals surface area contributed by atoms with Crippen molar-refractivity contribution in [2.75, 3.05) is 7.11 Å². The van der Waals surface area contributed by atoms with Crippen molar-refractivity contribution >= 4 is 23.7 Å². The zero-order chi connectivity index (χ0) is 22.3. The number of hydrogen-bond acceptors (Lipinski definition) is 7. The molecule has 0 atom stereocenters. The number of methoxy groups -OCH3 is 1. The molecular weight excluding hydrogens is 392 g/mol. The number of ether oxygens (including phenoxy) is 1. The molecule has 0 bridgehead atoms. The predicted octanol–water partition coefficient (Wildman–Crippen LogP) is 1.57. The van der Waals surface area contributed by atoms with Gasteiger partial charge in [0.2, 0.25) is 0 Å². The highest BCUT2D eigenvalue weighted by Crippen LogP contribution is 2.33. The molecule has 0 aliphatic rings. The number of hydrogen-bond donors (Lipinski definition) is 2. The van der Waals surface area contributed by atoms with Crippen molar-refractivity contribution in [3.63, 3.8) is 0 Å². The average Bonchev–Trinajstić information content (AvgIpc) is 2.72. The Balaban J connectivity index is 1.94. The standard InChI is InChI=1S/C20H22N4O6/c1-12(2)15-6-4-13(5-7-15)10-21-19(26)20(27)23-22-11-14-8-16(24(28)29)18(25)17(9-14)30-3/h4-9,11-12,25H,10H2,1-3H3,(H,21,26)(H,23,27)/p-1/b22-11-. The molecule has 2 N–H and O–H groups in total. The van der Waals surface area contributed by atoms with E-state index in [0.717, 1.165) is 17.8 Å². The molecule has 0 fully saturated rings. The molecule has 0 aliphatic heterocycles. The van der Waals surface area contributed by atoms with Crippen LogP contribution in [0.3, 0.4) is 0 Å². The fourth-order valence-corrected chi connectivity index (χ4v) is 2.47. The van der Waals surface area contributed by atoms with Gasteiger partial charge in [-0.15, -0.1) is 0 Å². The van der Waals surface area contributed by atoms with Crippen LogP contribution < -0.4 is 20.6 Å². The van der Waals surface area contributed by atoms with Crippen LogP contribution >= 0.6 is 0 Å². The summed E-state index contributed by atoms with van der Waals surface area (Å²) in [5, 5.41) is 28.8. The van der Waals surface area contributed by atoms with Crippen molar-refractivity contribution in [2.45, 2.75) is 26.3 Å². The molecule has 0 radical (unpaired) electrons. The van der Waals surface area contributed by atoms with Gasteiger partial charge >= 0.3 is 11.8 Å². The second-order valence-corrected chi connectivity index (χ2v) is 6.61. The van der Waals surface area contributed by atoms with E-state index in [1.807, 2.05) is 29.7 Å². The van der Waals surface area contributed by atoms with Gasteiger partial charge in [-0.2, -0.15) is 5.10 Å². The van der Waals surface area contributed by atoms with Crippen LogP contribution in [0.2, 0.25) is 0 Å². The zero-order valence-corrected chi connectivity index (χ0v) is 16.7. The van der Waals surface area contributed by atoms with Gasteiger partial charge < -0.3 is 15.2 Å². The first-order valence-electron chi connectivity index (χ1n) is 8.96. The second-order valence-electron chi connectivity index (χ2n) is 6.61. The number of hydrazone groups is 1. The van der Waals surface area contributed by atoms with Crippen molar-refractivity contribution < 1.29 is 24.4 Å². The quantitative estimate of drug-likeness (QED) is 0.305. The van der Waals surface area contributed by atoms with Crippen molar-refractivity contribution in [2.24, 2.45) is 5.10 Å². The summed E-state index contributed by atoms with van der Waals surface area (Å²) in [7, 11) is 1.20. The Labute approximate surface area is 172 Å². The first-order chi connectivity index (χ1) is 14.2. The summed E-state index contributed by atoms with van der Waals surface area (Å²) in [6, 6.07) is 9.86. The third-order valence-corrected chi connectivity index (χ3v) is 4.16. The van der Waals surface area contributed by atoms with Crippen molar-refractivity contribution in [3.8, 4) is 11.5 Å². The average molecular weight is 413 g/mol. The third kappa shape index (κ3) is 5.77. The molecule has 2 aromatic rings. The van der Waals surface area contributed by atoms with Crippen LogP contribution in [0, 0.1) is 10.1 Å². The zero-order valence-electron chi connectivity index (χ0n) is 16.7. The fourth-order valence-electron chi connectivity index (χ4n) is 2.47. The second kappa shape index (κ2) is 10.0. The van der Waals surface area contributed by atoms with Crippen LogP contribution in [0.25, 0.3) is 0 Å². The summed E-state index contributed by atoms with van der Waals surface area (Å²) in [5.74, 6) is -2.61. The summed E-state index contributed by atoms with van der Waals surface area (Å²) in [6.45, 7) is 4.32. The number of rotatable bonds is 7. The lowest BCUT2D eigenvalue weighted by molar-refractivity contribution is -0.398. The molecule has 2 aromatic carbocycles. The molecule has 30 heavy (non-hydrogen) atoms. The highest BCUT2D eigenvalue weighted by Gasteiger charge is 2.14. The Morgan fingerprint density at radius 3 is 2.43 bits per heavy atom. The number of nitrogens with one attached hydrogen (secondary N) is 2. The minimum atomic E-state index is -1.01. The van der Waals surface area contributed by atoms with Crippen LogP contribution in [0.5, 0.6) is 11.5 Å². The van der Waals surface area contributed by atoms with E-state index in [1.54, 1.807) is 0 Å². The van der Waals surface area contributed by atoms with Crippen molar-refractivity contribution in [3.05, 3.63) is 63.2 Å². The Hall–Kier alpha value is -3.95. The minimum Gasteiger partial charge on any atom is -0.865 e. The van der Waals surface area contributed by atoms with E-state index < -0.39 is 28.2 Å². The Bertz CT molecular complexity index is 970. The SMILES string of the molecule is COc1cc(/C=N\NC(=O)C(=O)NCc2ccc(C(C)C)cc2)cc([N+](=O)[O-])c1[O-]. The van der Waals surface area contributed by atoms with E-state index in [2.05, 4.69) is 24.3 Å². The number of carbonyl (C=O) groups excluding carboxylic acids is 2. The molecule has 0 spiro atoms. The summed E-state index contributed by atoms with van der Waals surface area (Å²) >= 11 is 0. The van der Waals surface area contributed by atoms with Gasteiger partial charge in [-0.25, -0.2) is 5.43 Å². The fraction of sp³-hybridized carbons (Fsp3) is 0.250. The van der Waals surface area contributed by atoms with Crippen LogP contribution in [-0.4, -0.2) is 30.1 Å². The number of carbonyl (C=O) groups is 2. The first-order valence-corrected chi connectivity index (χ1v) is 8.96. The number of amides is 2. The van der Waals surface area contributed by atoms with Gasteiger partial charge in [-0.05, 0) is 23.1 Å². The topological polar surface area (TPSA) is 146 Å². The van der Waals surface area contributed by atoms with Crippen molar-refractivity contribution in [1.29, 1.82) is 0 Å². The molecule has 0 aliphatic carbocycles. The maximum Gasteiger partial charge on any atom is 0.329 e. The highest BCUT2D eigenvalue weighted by atomic mass is 16.6. The number of benzene rings is 2. The summed E-state index contributed by atoms with van der Waals surface area (Å²) in [6.07, 6.45) is 1.06. The van der Waals surface area contributed by atoms with Gasteiger partial charge in [0.05, 0.1) is 18.2 Å². The molecule has 0 saturated heterocycles. The van der Waals surface area contributed by atoms with E-state index in [0.29, 0.717) is 5.92 Å². The monoisotopic (exact) mass is 413 g/mol. The lowest BCUT2D eigenvalue weighted by atomic mass is 10.0. The Morgan fingerprint density at radius 1 is 1.20 bits per heavy atom. The summed E-state index contributed by atoms with van der Waals surface area (Å²) in [5.41, 5.74) is 3.47. The van der Waals surface area contributed by atoms with Crippen molar-refractivity contribution in [1.82, 2.24) is 10.7 Å². The van der Waals surface area contributed by atoms with E-state index in [9.17, 15) is 24.8 Å². The van der Waals surface area contributed by atoms with Gasteiger partial charge in [0, 0.05) is 23.9 Å². The molecule has 0 unspecified atom stereocenters. The predicted molar refractivity (Wildman–Crippen MR) is 107 cm³/mol. The van der Waals surface area contributed by atoms with E-state index in [4.69, 9.17) is 4.74 Å². The minimum absolute atomic E-state index is 0.143. The number of nitro benzene ring substituents is 1. The van der Waals surface area contributed by atoms with Gasteiger partial charge in [0.15, 0.2) is 0 Å². The number of nitro groups is 1. The van der Waals surface area contributed by atoms with Gasteiger partial charge in [-0.3, -0.25) is 19.7 Å². The highest BCUT2D eigenvalue weighted by molar-refractivity contribution is 6.35. The Kier molecular flexibility index (Phi) is 7.45. The number of nitrogens with zero attached hydrogens (tertiary/aromatic N) is 2. The maximum atomic E-state index is 11.9. The maximum absolute atomic E-state index is 11.9. The summed E-state index contributed by atoms with van der Waals surface area (Å²) in [4.78, 5) is 33.8. The third-order valence-electron chi connectivity index (χ3n) is 4.16. The lowest BCUT2D eigenvalue weighted by Gasteiger charge is -2.12. The van der Waals surface area contributed by atoms with Gasteiger partial charge in [0.1, 0.15) is 5.75 Å². The normalized spacial score (nSPS) is 10.8. The van der Waals surface area contributed by atoms with Crippen LogP contribution in [0.1, 0.15) is 36.5 Å². The van der Waals surface area contributed by atoms with Gasteiger partial charge in [-0.1, -0.05) is 38.1 Å². The Morgan fingerprint density at radius 2 is 1.87 bits per heavy atom. The largest absolute Gasteiger partial charge is 0.865 e. The smallest absolute Gasteiger partial charge is 0.329 e. The summed E-state index contributed by atoms with van der Waals surface area (Å²) < 4.78 is 4.81. The van der Waals surface area contributed by atoms with E-state index in [1.165, 1.54) is 18.7 Å². The van der Waals surface area contributed by atoms with Crippen LogP contribution in [-0.2, 0) is 16.1 Å². The van der Waals surface area contributed by atoms with E-state index in [-0.39, 0.29) is 17.9 Å². The van der Waals surface area contributed by atoms with Crippen LogP contribution in [0.4, 0.5) is 5.69 Å². The molecule has 2 amide bonds. The molecule has 10 nitrogen and oxygen atoms in total. The molecule has 0 aromatic heterocycles. The molecule has 2 rings (SSSR count). The molecule has 0 heterocycles. The molecule has 10 heteroatoms. The molecule has 158 valence electrons. The van der Waals surface area contributed by atoms with E-state index >= 15 is 0 Å².